The number of aryl methyl sites for hydroxylation is 1. The zero-order valence-electron chi connectivity index (χ0n) is 10.5. The van der Waals surface area contributed by atoms with Crippen LogP contribution in [0.3, 0.4) is 0 Å². The van der Waals surface area contributed by atoms with Gasteiger partial charge in [0.15, 0.2) is 4.34 Å². The van der Waals surface area contributed by atoms with Crippen LogP contribution >= 0.6 is 23.1 Å². The molecule has 1 atom stereocenters. The molecule has 1 heterocycles. The van der Waals surface area contributed by atoms with E-state index < -0.39 is 0 Å². The number of unbranched alkanes of at least 4 members (excludes halogenated alkanes) is 1. The zero-order chi connectivity index (χ0) is 12.7. The molecule has 0 bridgehead atoms. The summed E-state index contributed by atoms with van der Waals surface area (Å²) >= 11 is 3.39. The molecule has 0 amide bonds. The predicted molar refractivity (Wildman–Crippen MR) is 72.3 cm³/mol. The zero-order valence-corrected chi connectivity index (χ0v) is 12.1. The molecule has 94 valence electrons. The first-order chi connectivity index (χ1) is 8.09. The predicted octanol–water partition coefficient (Wildman–Crippen LogP) is 2.61. The summed E-state index contributed by atoms with van der Waals surface area (Å²) < 4.78 is 1.04. The Bertz CT molecular complexity index is 385. The topological polar surface area (TPSA) is 61.6 Å². The number of rotatable bonds is 7. The third-order valence-electron chi connectivity index (χ3n) is 2.60. The molecule has 1 aromatic rings. The number of hydrogen-bond donors (Lipinski definition) is 1. The SMILES string of the molecule is CNC(C)(C#N)CCCCSc1nnc(C)s1. The van der Waals surface area contributed by atoms with E-state index in [1.165, 1.54) is 0 Å². The maximum absolute atomic E-state index is 8.99. The minimum Gasteiger partial charge on any atom is -0.303 e. The molecule has 0 aliphatic heterocycles. The molecule has 0 saturated heterocycles. The third kappa shape index (κ3) is 5.02. The van der Waals surface area contributed by atoms with Gasteiger partial charge in [-0.25, -0.2) is 0 Å². The summed E-state index contributed by atoms with van der Waals surface area (Å²) in [5.74, 6) is 1.04. The van der Waals surface area contributed by atoms with Crippen molar-refractivity contribution in [3.8, 4) is 6.07 Å². The standard InChI is InChI=1S/C11H18N4S2/c1-9-14-15-10(17-9)16-7-5-4-6-11(2,8-12)13-3/h13H,4-7H2,1-3H3. The van der Waals surface area contributed by atoms with E-state index in [0.717, 1.165) is 34.4 Å². The van der Waals surface area contributed by atoms with E-state index in [1.54, 1.807) is 23.1 Å². The van der Waals surface area contributed by atoms with Gasteiger partial charge in [0.25, 0.3) is 0 Å². The second kappa shape index (κ2) is 6.94. The molecule has 0 fully saturated rings. The number of aromatic nitrogens is 2. The van der Waals surface area contributed by atoms with Gasteiger partial charge < -0.3 is 5.32 Å². The molecule has 0 radical (unpaired) electrons. The van der Waals surface area contributed by atoms with E-state index in [9.17, 15) is 0 Å². The van der Waals surface area contributed by atoms with Crippen molar-refractivity contribution in [2.24, 2.45) is 0 Å². The number of nitriles is 1. The van der Waals surface area contributed by atoms with E-state index in [1.807, 2.05) is 20.9 Å². The van der Waals surface area contributed by atoms with Crippen LogP contribution in [0.2, 0.25) is 0 Å². The van der Waals surface area contributed by atoms with Crippen molar-refractivity contribution in [2.45, 2.75) is 43.0 Å². The summed E-state index contributed by atoms with van der Waals surface area (Å²) in [6, 6.07) is 2.30. The van der Waals surface area contributed by atoms with Gasteiger partial charge in [-0.05, 0) is 40.2 Å². The summed E-state index contributed by atoms with van der Waals surface area (Å²) in [4.78, 5) is 0. The lowest BCUT2D eigenvalue weighted by Gasteiger charge is -2.19. The van der Waals surface area contributed by atoms with Crippen molar-refractivity contribution in [3.05, 3.63) is 5.01 Å². The Kier molecular flexibility index (Phi) is 5.89. The molecule has 0 aromatic carbocycles. The van der Waals surface area contributed by atoms with Crippen molar-refractivity contribution >= 4 is 23.1 Å². The summed E-state index contributed by atoms with van der Waals surface area (Å²) in [6.07, 6.45) is 3.04. The molecule has 1 rings (SSSR count). The highest BCUT2D eigenvalue weighted by Gasteiger charge is 2.19. The second-order valence-electron chi connectivity index (χ2n) is 4.09. The normalized spacial score (nSPS) is 14.2. The first-order valence-electron chi connectivity index (χ1n) is 5.63. The van der Waals surface area contributed by atoms with Crippen LogP contribution in [0.5, 0.6) is 0 Å². The van der Waals surface area contributed by atoms with Crippen LogP contribution in [-0.2, 0) is 0 Å². The first-order valence-corrected chi connectivity index (χ1v) is 7.43. The summed E-state index contributed by atoms with van der Waals surface area (Å²) in [5, 5.41) is 21.1. The minimum atomic E-state index is -0.385. The van der Waals surface area contributed by atoms with Gasteiger partial charge in [0, 0.05) is 5.75 Å². The van der Waals surface area contributed by atoms with Crippen LogP contribution in [0.15, 0.2) is 4.34 Å². The maximum atomic E-state index is 8.99. The van der Waals surface area contributed by atoms with Crippen molar-refractivity contribution in [1.82, 2.24) is 15.5 Å². The Labute approximate surface area is 111 Å². The van der Waals surface area contributed by atoms with Crippen molar-refractivity contribution in [1.29, 1.82) is 5.26 Å². The quantitative estimate of drug-likeness (QED) is 0.609. The monoisotopic (exact) mass is 270 g/mol. The summed E-state index contributed by atoms with van der Waals surface area (Å²) in [5.41, 5.74) is -0.385. The summed E-state index contributed by atoms with van der Waals surface area (Å²) in [7, 11) is 1.84. The Hall–Kier alpha value is -0.640. The fraction of sp³-hybridized carbons (Fsp3) is 0.727. The van der Waals surface area contributed by atoms with Gasteiger partial charge in [0.05, 0.1) is 6.07 Å². The average molecular weight is 270 g/mol. The Morgan fingerprint density at radius 2 is 2.24 bits per heavy atom. The van der Waals surface area contributed by atoms with Crippen molar-refractivity contribution in [2.75, 3.05) is 12.8 Å². The van der Waals surface area contributed by atoms with Crippen LogP contribution < -0.4 is 5.32 Å². The fourth-order valence-corrected chi connectivity index (χ4v) is 3.20. The van der Waals surface area contributed by atoms with Gasteiger partial charge in [-0.2, -0.15) is 5.26 Å². The van der Waals surface area contributed by atoms with Gasteiger partial charge >= 0.3 is 0 Å². The third-order valence-corrected chi connectivity index (χ3v) is 4.66. The van der Waals surface area contributed by atoms with Crippen LogP contribution in [0, 0.1) is 18.3 Å². The molecule has 1 aromatic heterocycles. The number of hydrogen-bond acceptors (Lipinski definition) is 6. The lowest BCUT2D eigenvalue weighted by Crippen LogP contribution is -2.37. The van der Waals surface area contributed by atoms with Gasteiger partial charge in [-0.15, -0.1) is 10.2 Å². The van der Waals surface area contributed by atoms with E-state index in [4.69, 9.17) is 5.26 Å². The lowest BCUT2D eigenvalue weighted by atomic mass is 9.97. The molecular formula is C11H18N4S2. The van der Waals surface area contributed by atoms with Crippen LogP contribution in [0.4, 0.5) is 0 Å². The number of thioether (sulfide) groups is 1. The molecule has 1 N–H and O–H groups in total. The highest BCUT2D eigenvalue weighted by Crippen LogP contribution is 2.23. The fourth-order valence-electron chi connectivity index (χ4n) is 1.31. The summed E-state index contributed by atoms with van der Waals surface area (Å²) in [6.45, 7) is 3.90. The molecule has 1 unspecified atom stereocenters. The molecular weight excluding hydrogens is 252 g/mol. The first kappa shape index (κ1) is 14.4. The highest BCUT2D eigenvalue weighted by atomic mass is 32.2. The van der Waals surface area contributed by atoms with Crippen LogP contribution in [-0.4, -0.2) is 28.5 Å². The lowest BCUT2D eigenvalue weighted by molar-refractivity contribution is 0.439. The molecule has 6 heteroatoms. The van der Waals surface area contributed by atoms with Gasteiger partial charge in [-0.1, -0.05) is 23.1 Å². The molecule has 17 heavy (non-hydrogen) atoms. The Morgan fingerprint density at radius 3 is 2.76 bits per heavy atom. The number of nitrogens with one attached hydrogen (secondary N) is 1. The van der Waals surface area contributed by atoms with Crippen molar-refractivity contribution in [3.63, 3.8) is 0 Å². The molecule has 0 spiro atoms. The van der Waals surface area contributed by atoms with E-state index in [2.05, 4.69) is 21.6 Å². The maximum Gasteiger partial charge on any atom is 0.174 e. The Balaban J connectivity index is 2.15. The van der Waals surface area contributed by atoms with Gasteiger partial charge in [0.1, 0.15) is 10.5 Å². The minimum absolute atomic E-state index is 0.385. The van der Waals surface area contributed by atoms with Crippen LogP contribution in [0.1, 0.15) is 31.2 Å². The molecule has 0 aliphatic rings. The van der Waals surface area contributed by atoms with Crippen LogP contribution in [0.25, 0.3) is 0 Å². The smallest absolute Gasteiger partial charge is 0.174 e. The largest absolute Gasteiger partial charge is 0.303 e. The molecule has 0 aliphatic carbocycles. The van der Waals surface area contributed by atoms with E-state index in [0.29, 0.717) is 0 Å². The Morgan fingerprint density at radius 1 is 1.47 bits per heavy atom. The highest BCUT2D eigenvalue weighted by molar-refractivity contribution is 8.01. The van der Waals surface area contributed by atoms with E-state index >= 15 is 0 Å². The van der Waals surface area contributed by atoms with Gasteiger partial charge in [0.2, 0.25) is 0 Å². The second-order valence-corrected chi connectivity index (χ2v) is 6.61. The average Bonchev–Trinajstić information content (AvgIpc) is 2.74. The molecule has 4 nitrogen and oxygen atoms in total. The molecule has 0 saturated carbocycles. The number of nitrogens with zero attached hydrogens (tertiary/aromatic N) is 3. The van der Waals surface area contributed by atoms with Crippen molar-refractivity contribution < 1.29 is 0 Å². The van der Waals surface area contributed by atoms with E-state index in [-0.39, 0.29) is 5.54 Å². The van der Waals surface area contributed by atoms with Gasteiger partial charge in [-0.3, -0.25) is 0 Å².